The molecule has 0 spiro atoms. The first-order chi connectivity index (χ1) is 17.4. The van der Waals surface area contributed by atoms with Gasteiger partial charge < -0.3 is 44.2 Å². The molecule has 0 radical (unpaired) electrons. The first-order valence-corrected chi connectivity index (χ1v) is 12.8. The number of ether oxygens (including phenoxy) is 3. The van der Waals surface area contributed by atoms with Crippen LogP contribution in [-0.2, 0) is 4.74 Å². The Morgan fingerprint density at radius 2 is 1.58 bits per heavy atom. The molecule has 0 unspecified atom stereocenters. The Hall–Kier alpha value is -2.37. The minimum Gasteiger partial charge on any atom is -0.504 e. The van der Waals surface area contributed by atoms with Crippen molar-refractivity contribution in [2.75, 3.05) is 13.2 Å². The van der Waals surface area contributed by atoms with Gasteiger partial charge in [0.15, 0.2) is 5.75 Å². The van der Waals surface area contributed by atoms with Gasteiger partial charge in [-0.15, -0.1) is 0 Å². The summed E-state index contributed by atoms with van der Waals surface area (Å²) in [6, 6.07) is 4.23. The number of hydrogen-bond acceptors (Lipinski definition) is 10. The van der Waals surface area contributed by atoms with Crippen LogP contribution < -0.4 is 15.1 Å². The highest BCUT2D eigenvalue weighted by molar-refractivity contribution is 5.86. The normalized spacial score (nSPS) is 24.2. The van der Waals surface area contributed by atoms with Gasteiger partial charge in [0.25, 0.3) is 0 Å². The molecular weight excluding hydrogens is 472 g/mol. The van der Waals surface area contributed by atoms with Gasteiger partial charge in [-0.05, 0) is 18.6 Å². The maximum Gasteiger partial charge on any atom is 0.383 e. The molecule has 36 heavy (non-hydrogen) atoms. The van der Waals surface area contributed by atoms with E-state index in [-0.39, 0.29) is 34.8 Å². The molecule has 1 aliphatic rings. The monoisotopic (exact) mass is 510 g/mol. The summed E-state index contributed by atoms with van der Waals surface area (Å²) in [6.07, 6.45) is 3.15. The average Bonchev–Trinajstić information content (AvgIpc) is 2.87. The van der Waals surface area contributed by atoms with Gasteiger partial charge >= 0.3 is 5.63 Å². The molecule has 0 aliphatic carbocycles. The summed E-state index contributed by atoms with van der Waals surface area (Å²) >= 11 is 0. The molecule has 1 aliphatic heterocycles. The fourth-order valence-corrected chi connectivity index (χ4v) is 4.23. The van der Waals surface area contributed by atoms with Crippen molar-refractivity contribution in [3.63, 3.8) is 0 Å². The Bertz CT molecular complexity index is 1000. The largest absolute Gasteiger partial charge is 0.504 e. The third-order valence-corrected chi connectivity index (χ3v) is 6.41. The average molecular weight is 511 g/mol. The van der Waals surface area contributed by atoms with Gasteiger partial charge in [-0.3, -0.25) is 0 Å². The van der Waals surface area contributed by atoms with Crippen LogP contribution in [0.1, 0.15) is 64.7 Å². The zero-order valence-electron chi connectivity index (χ0n) is 20.7. The first-order valence-electron chi connectivity index (χ1n) is 12.8. The number of aliphatic hydroxyl groups excluding tert-OH is 4. The van der Waals surface area contributed by atoms with Crippen molar-refractivity contribution < 1.29 is 44.2 Å². The van der Waals surface area contributed by atoms with Crippen LogP contribution in [0.5, 0.6) is 17.2 Å². The minimum atomic E-state index is -1.59. The fraction of sp³-hybridized carbons (Fsp3) is 0.654. The predicted molar refractivity (Wildman–Crippen MR) is 131 cm³/mol. The van der Waals surface area contributed by atoms with Crippen molar-refractivity contribution in [3.05, 3.63) is 28.6 Å². The van der Waals surface area contributed by atoms with E-state index in [2.05, 4.69) is 6.92 Å². The number of rotatable bonds is 14. The quantitative estimate of drug-likeness (QED) is 0.189. The lowest BCUT2D eigenvalue weighted by Gasteiger charge is -2.39. The van der Waals surface area contributed by atoms with E-state index in [0.717, 1.165) is 19.3 Å². The van der Waals surface area contributed by atoms with E-state index in [1.165, 1.54) is 56.7 Å². The molecular formula is C26H38O10. The maximum atomic E-state index is 12.4. The molecule has 202 valence electrons. The van der Waals surface area contributed by atoms with Crippen LogP contribution in [0.3, 0.4) is 0 Å². The van der Waals surface area contributed by atoms with E-state index < -0.39 is 42.9 Å². The van der Waals surface area contributed by atoms with Crippen molar-refractivity contribution in [2.24, 2.45) is 0 Å². The van der Waals surface area contributed by atoms with Crippen molar-refractivity contribution >= 4 is 11.0 Å². The molecule has 2 heterocycles. The molecule has 1 saturated heterocycles. The molecule has 0 saturated carbocycles. The van der Waals surface area contributed by atoms with E-state index in [0.29, 0.717) is 0 Å². The second kappa shape index (κ2) is 13.8. The molecule has 10 heteroatoms. The minimum absolute atomic E-state index is 0.0232. The Kier molecular flexibility index (Phi) is 10.8. The number of aliphatic hydroxyl groups is 4. The summed E-state index contributed by atoms with van der Waals surface area (Å²) < 4.78 is 21.7. The summed E-state index contributed by atoms with van der Waals surface area (Å²) in [6.45, 7) is 1.90. The van der Waals surface area contributed by atoms with Gasteiger partial charge in [0.1, 0.15) is 35.7 Å². The molecule has 0 bridgehead atoms. The van der Waals surface area contributed by atoms with Gasteiger partial charge in [-0.25, -0.2) is 4.79 Å². The highest BCUT2D eigenvalue weighted by atomic mass is 16.7. The highest BCUT2D eigenvalue weighted by Gasteiger charge is 2.44. The number of unbranched alkanes of at least 4 members (excludes halogenated alkanes) is 8. The second-order valence-corrected chi connectivity index (χ2v) is 9.22. The van der Waals surface area contributed by atoms with E-state index in [1.54, 1.807) is 0 Å². The molecule has 1 aromatic heterocycles. The molecule has 1 aromatic carbocycles. The molecule has 1 fully saturated rings. The SMILES string of the molecule is CCCCCCCCCCCOc1c(O)c2ccc(O[C@@H]3O[C@H](CO)[C@@H](O)[C@H](O)[C@H]3O)cc2oc1=O. The lowest BCUT2D eigenvalue weighted by molar-refractivity contribution is -0.277. The van der Waals surface area contributed by atoms with Crippen molar-refractivity contribution in [3.8, 4) is 17.2 Å². The van der Waals surface area contributed by atoms with Crippen molar-refractivity contribution in [1.29, 1.82) is 0 Å². The standard InChI is InChI=1S/C26H38O10/c1-2-3-4-5-6-7-8-9-10-13-33-24-20(28)17-12-11-16(14-18(17)35-25(24)32)34-26-23(31)22(30)21(29)19(15-27)36-26/h11-12,14,19,21-23,26-31H,2-10,13,15H2,1H3/t19-,21-,22+,23-,26-/m1/s1. The molecule has 5 atom stereocenters. The van der Waals surface area contributed by atoms with Gasteiger partial charge in [-0.2, -0.15) is 0 Å². The van der Waals surface area contributed by atoms with Crippen LogP contribution in [0.25, 0.3) is 11.0 Å². The smallest absolute Gasteiger partial charge is 0.383 e. The van der Waals surface area contributed by atoms with Crippen LogP contribution in [0.2, 0.25) is 0 Å². The van der Waals surface area contributed by atoms with Crippen LogP contribution in [0, 0.1) is 0 Å². The van der Waals surface area contributed by atoms with Crippen LogP contribution in [-0.4, -0.2) is 69.5 Å². The Balaban J connectivity index is 1.56. The van der Waals surface area contributed by atoms with E-state index in [4.69, 9.17) is 18.6 Å². The first kappa shape index (κ1) is 28.2. The summed E-state index contributed by atoms with van der Waals surface area (Å²) in [4.78, 5) is 12.4. The Morgan fingerprint density at radius 3 is 2.25 bits per heavy atom. The second-order valence-electron chi connectivity index (χ2n) is 9.22. The number of fused-ring (bicyclic) bond motifs is 1. The van der Waals surface area contributed by atoms with Crippen molar-refractivity contribution in [1.82, 2.24) is 0 Å². The molecule has 3 rings (SSSR count). The Morgan fingerprint density at radius 1 is 0.917 bits per heavy atom. The van der Waals surface area contributed by atoms with Crippen molar-refractivity contribution in [2.45, 2.75) is 95.4 Å². The van der Waals surface area contributed by atoms with Crippen LogP contribution >= 0.6 is 0 Å². The lowest BCUT2D eigenvalue weighted by atomic mass is 9.99. The van der Waals surface area contributed by atoms with Gasteiger partial charge in [0.05, 0.1) is 18.6 Å². The number of hydrogen-bond donors (Lipinski definition) is 5. The molecule has 5 N–H and O–H groups in total. The summed E-state index contributed by atoms with van der Waals surface area (Å²) in [5, 5.41) is 50.1. The summed E-state index contributed by atoms with van der Waals surface area (Å²) in [5.74, 6) is -0.473. The van der Waals surface area contributed by atoms with E-state index >= 15 is 0 Å². The van der Waals surface area contributed by atoms with Crippen LogP contribution in [0.15, 0.2) is 27.4 Å². The van der Waals surface area contributed by atoms with E-state index in [1.807, 2.05) is 0 Å². The third kappa shape index (κ3) is 7.10. The van der Waals surface area contributed by atoms with Gasteiger partial charge in [0, 0.05) is 6.07 Å². The molecule has 10 nitrogen and oxygen atoms in total. The topological polar surface area (TPSA) is 159 Å². The number of benzene rings is 1. The highest BCUT2D eigenvalue weighted by Crippen LogP contribution is 2.34. The fourth-order valence-electron chi connectivity index (χ4n) is 4.23. The zero-order valence-corrected chi connectivity index (χ0v) is 20.7. The predicted octanol–water partition coefficient (Wildman–Crippen LogP) is 2.59. The van der Waals surface area contributed by atoms with Gasteiger partial charge in [0.2, 0.25) is 12.0 Å². The van der Waals surface area contributed by atoms with Gasteiger partial charge in [-0.1, -0.05) is 58.3 Å². The third-order valence-electron chi connectivity index (χ3n) is 6.41. The van der Waals surface area contributed by atoms with Crippen LogP contribution in [0.4, 0.5) is 0 Å². The zero-order chi connectivity index (χ0) is 26.1. The lowest BCUT2D eigenvalue weighted by Crippen LogP contribution is -2.60. The summed E-state index contributed by atoms with van der Waals surface area (Å²) in [7, 11) is 0. The summed E-state index contributed by atoms with van der Waals surface area (Å²) in [5.41, 5.74) is -0.809. The molecule has 0 amide bonds. The van der Waals surface area contributed by atoms with E-state index in [9.17, 15) is 30.3 Å². The molecule has 2 aromatic rings. The number of aromatic hydroxyl groups is 1. The maximum absolute atomic E-state index is 12.4. The Labute approximate surface area is 210 Å².